The van der Waals surface area contributed by atoms with E-state index in [0.717, 1.165) is 11.1 Å². The molecule has 0 saturated heterocycles. The Balaban J connectivity index is 1.14. The van der Waals surface area contributed by atoms with Gasteiger partial charge in [0.2, 0.25) is 35.6 Å². The summed E-state index contributed by atoms with van der Waals surface area (Å²) in [6, 6.07) is 14.8. The second-order valence-corrected chi connectivity index (χ2v) is 7.82. The van der Waals surface area contributed by atoms with Crippen LogP contribution in [0.4, 0.5) is 35.2 Å². The van der Waals surface area contributed by atoms with Gasteiger partial charge >= 0.3 is 0 Å². The van der Waals surface area contributed by atoms with E-state index < -0.39 is 0 Å². The van der Waals surface area contributed by atoms with Gasteiger partial charge in [-0.2, -0.15) is 19.9 Å². The van der Waals surface area contributed by atoms with Crippen LogP contribution in [0.2, 0.25) is 0 Å². The summed E-state index contributed by atoms with van der Waals surface area (Å²) in [5.41, 5.74) is 15.0. The summed E-state index contributed by atoms with van der Waals surface area (Å²) >= 11 is 0. The van der Waals surface area contributed by atoms with Gasteiger partial charge < -0.3 is 31.6 Å². The molecule has 0 atom stereocenters. The fraction of sp³-hybridized carbons (Fsp3) is 0. The fourth-order valence-corrected chi connectivity index (χ4v) is 3.53. The van der Waals surface area contributed by atoms with Gasteiger partial charge in [-0.3, -0.25) is 0 Å². The summed E-state index contributed by atoms with van der Waals surface area (Å²) in [4.78, 5) is 29.1. The van der Waals surface area contributed by atoms with Crippen LogP contribution in [0, 0.1) is 0 Å². The molecule has 4 aromatic heterocycles. The number of aromatic nitrogens is 8. The number of imidazole rings is 2. The number of fused-ring (bicyclic) bond motifs is 2. The number of azo groups is 2. The summed E-state index contributed by atoms with van der Waals surface area (Å²) in [5, 5.41) is 36.0. The summed E-state index contributed by atoms with van der Waals surface area (Å²) in [7, 11) is 0. The molecular formula is C22H16N14O2. The van der Waals surface area contributed by atoms with Crippen molar-refractivity contribution in [3.63, 3.8) is 0 Å². The molecule has 0 aliphatic rings. The third kappa shape index (κ3) is 4.35. The fourth-order valence-electron chi connectivity index (χ4n) is 3.53. The minimum atomic E-state index is -0.336. The Morgan fingerprint density at radius 2 is 0.921 bits per heavy atom. The molecule has 0 unspecified atom stereocenters. The lowest BCUT2D eigenvalue weighted by Gasteiger charge is -2.02. The van der Waals surface area contributed by atoms with E-state index in [1.807, 2.05) is 24.3 Å². The van der Waals surface area contributed by atoms with Crippen molar-refractivity contribution in [1.29, 1.82) is 0 Å². The molecule has 38 heavy (non-hydrogen) atoms. The molecule has 0 bridgehead atoms. The van der Waals surface area contributed by atoms with Crippen LogP contribution in [0.25, 0.3) is 33.5 Å². The number of nitrogen functional groups attached to an aromatic ring is 2. The number of nitrogens with two attached hydrogens (primary N) is 2. The third-order valence-electron chi connectivity index (χ3n) is 5.25. The number of rotatable bonds is 5. The first-order valence-corrected chi connectivity index (χ1v) is 10.9. The molecule has 0 saturated carbocycles. The van der Waals surface area contributed by atoms with Crippen LogP contribution in [0.15, 0.2) is 69.0 Å². The molecule has 186 valence electrons. The number of nitrogens with one attached hydrogen (secondary N) is 2. The highest BCUT2D eigenvalue weighted by molar-refractivity contribution is 5.79. The predicted molar refractivity (Wildman–Crippen MR) is 136 cm³/mol. The maximum Gasteiger partial charge on any atom is 0.249 e. The van der Waals surface area contributed by atoms with Crippen LogP contribution >= 0.6 is 0 Å². The second-order valence-electron chi connectivity index (χ2n) is 7.82. The predicted octanol–water partition coefficient (Wildman–Crippen LogP) is 4.09. The lowest BCUT2D eigenvalue weighted by Crippen LogP contribution is -1.94. The molecule has 0 fully saturated rings. The van der Waals surface area contributed by atoms with Crippen molar-refractivity contribution in [3.05, 3.63) is 48.5 Å². The molecule has 0 aliphatic heterocycles. The summed E-state index contributed by atoms with van der Waals surface area (Å²) < 4.78 is 0. The number of aromatic hydroxyl groups is 2. The Morgan fingerprint density at radius 1 is 0.526 bits per heavy atom. The van der Waals surface area contributed by atoms with Gasteiger partial charge in [0, 0.05) is 0 Å². The molecule has 2 aromatic carbocycles. The zero-order valence-corrected chi connectivity index (χ0v) is 19.1. The first-order chi connectivity index (χ1) is 18.4. The highest BCUT2D eigenvalue weighted by atomic mass is 16.3. The summed E-state index contributed by atoms with van der Waals surface area (Å²) in [6.45, 7) is 0. The zero-order chi connectivity index (χ0) is 26.2. The molecule has 0 aliphatic carbocycles. The maximum absolute atomic E-state index is 9.82. The van der Waals surface area contributed by atoms with Crippen molar-refractivity contribution in [3.8, 4) is 22.9 Å². The van der Waals surface area contributed by atoms with Crippen LogP contribution < -0.4 is 11.5 Å². The standard InChI is InChI=1S/C22H16N14O2/c23-19-27-15-13(17(37)31-19)25-21(29-15)35-33-11-5-1-9(2-6-11)10-3-7-12(8-4-10)34-36-22-26-14-16(30-22)28-20(24)32-18(14)38/h1-8H,(H4,23,25,27,29,31,37)(H4,24,26,28,30,32,38). The van der Waals surface area contributed by atoms with Crippen molar-refractivity contribution < 1.29 is 10.2 Å². The Labute approximate surface area is 211 Å². The number of H-pyrrole nitrogens is 2. The Kier molecular flexibility index (Phi) is 5.23. The average Bonchev–Trinajstić information content (AvgIpc) is 3.51. The van der Waals surface area contributed by atoms with Crippen LogP contribution in [0.3, 0.4) is 0 Å². The molecule has 8 N–H and O–H groups in total. The quantitative estimate of drug-likeness (QED) is 0.182. The van der Waals surface area contributed by atoms with E-state index >= 15 is 0 Å². The molecule has 0 radical (unpaired) electrons. The van der Waals surface area contributed by atoms with Gasteiger partial charge in [0.15, 0.2) is 22.3 Å². The Bertz CT molecular complexity index is 1720. The van der Waals surface area contributed by atoms with E-state index in [9.17, 15) is 10.2 Å². The van der Waals surface area contributed by atoms with Crippen LogP contribution in [0.1, 0.15) is 0 Å². The van der Waals surface area contributed by atoms with E-state index in [1.165, 1.54) is 0 Å². The monoisotopic (exact) mass is 508 g/mol. The minimum absolute atomic E-state index is 0.0810. The number of aromatic amines is 2. The topological polar surface area (TPSA) is 251 Å². The lowest BCUT2D eigenvalue weighted by molar-refractivity contribution is 0.458. The third-order valence-corrected chi connectivity index (χ3v) is 5.25. The van der Waals surface area contributed by atoms with Gasteiger partial charge in [0.1, 0.15) is 0 Å². The van der Waals surface area contributed by atoms with E-state index in [4.69, 9.17) is 11.5 Å². The van der Waals surface area contributed by atoms with Gasteiger partial charge in [0.25, 0.3) is 0 Å². The first kappa shape index (κ1) is 22.4. The molecule has 6 rings (SSSR count). The van der Waals surface area contributed by atoms with Gasteiger partial charge in [-0.05, 0) is 35.4 Å². The van der Waals surface area contributed by atoms with Crippen molar-refractivity contribution in [2.75, 3.05) is 11.5 Å². The van der Waals surface area contributed by atoms with E-state index in [2.05, 4.69) is 60.3 Å². The maximum atomic E-state index is 9.82. The Hall–Kier alpha value is -6.06. The van der Waals surface area contributed by atoms with Crippen molar-refractivity contribution >= 4 is 57.5 Å². The number of hydrogen-bond donors (Lipinski definition) is 6. The largest absolute Gasteiger partial charge is 0.492 e. The molecule has 6 aromatic rings. The molecule has 16 nitrogen and oxygen atoms in total. The molecule has 4 heterocycles. The van der Waals surface area contributed by atoms with Crippen molar-refractivity contribution in [1.82, 2.24) is 39.9 Å². The molecule has 16 heteroatoms. The smallest absolute Gasteiger partial charge is 0.249 e. The zero-order valence-electron chi connectivity index (χ0n) is 19.1. The van der Waals surface area contributed by atoms with Gasteiger partial charge in [-0.15, -0.1) is 20.5 Å². The highest BCUT2D eigenvalue weighted by Gasteiger charge is 2.12. The second kappa shape index (κ2) is 8.86. The van der Waals surface area contributed by atoms with Crippen molar-refractivity contribution in [2.24, 2.45) is 20.5 Å². The summed E-state index contributed by atoms with van der Waals surface area (Å²) in [6.07, 6.45) is 0. The van der Waals surface area contributed by atoms with E-state index in [1.54, 1.807) is 24.3 Å². The SMILES string of the molecule is Nc1nc(O)c2nc(N=Nc3ccc(-c4ccc(N=Nc5nc6c(O)nc(N)nc6[nH]5)cc4)cc3)[nH]c2n1. The average molecular weight is 508 g/mol. The van der Waals surface area contributed by atoms with Gasteiger partial charge in [-0.25, -0.2) is 9.97 Å². The van der Waals surface area contributed by atoms with Gasteiger partial charge in [-0.1, -0.05) is 24.3 Å². The highest BCUT2D eigenvalue weighted by Crippen LogP contribution is 2.28. The molecule has 0 spiro atoms. The number of benzene rings is 2. The normalized spacial score (nSPS) is 11.9. The number of anilines is 2. The Morgan fingerprint density at radius 3 is 1.32 bits per heavy atom. The van der Waals surface area contributed by atoms with Crippen LogP contribution in [-0.4, -0.2) is 50.1 Å². The lowest BCUT2D eigenvalue weighted by atomic mass is 10.1. The van der Waals surface area contributed by atoms with Gasteiger partial charge in [0.05, 0.1) is 11.4 Å². The first-order valence-electron chi connectivity index (χ1n) is 10.9. The van der Waals surface area contributed by atoms with E-state index in [0.29, 0.717) is 11.4 Å². The van der Waals surface area contributed by atoms with Crippen LogP contribution in [0.5, 0.6) is 11.8 Å². The molecular weight excluding hydrogens is 492 g/mol. The van der Waals surface area contributed by atoms with Crippen LogP contribution in [-0.2, 0) is 0 Å². The summed E-state index contributed by atoms with van der Waals surface area (Å²) in [5.74, 6) is -0.527. The van der Waals surface area contributed by atoms with Crippen molar-refractivity contribution in [2.45, 2.75) is 0 Å². The minimum Gasteiger partial charge on any atom is -0.492 e. The number of hydrogen-bond acceptors (Lipinski definition) is 14. The molecule has 0 amide bonds. The van der Waals surface area contributed by atoms with E-state index in [-0.39, 0.29) is 57.9 Å². The number of nitrogens with zero attached hydrogens (tertiary/aromatic N) is 10.